The minimum Gasteiger partial charge on any atom is -0.303 e. The van der Waals surface area contributed by atoms with Crippen LogP contribution in [0.5, 0.6) is 0 Å². The Morgan fingerprint density at radius 1 is 1.00 bits per heavy atom. The van der Waals surface area contributed by atoms with Crippen LogP contribution in [-0.2, 0) is 4.79 Å². The van der Waals surface area contributed by atoms with E-state index < -0.39 is 0 Å². The smallest absolute Gasteiger partial charge is 0.159 e. The molecule has 2 aromatic carbocycles. The lowest BCUT2D eigenvalue weighted by molar-refractivity contribution is -0.108. The Morgan fingerprint density at radius 3 is 2.11 bits per heavy atom. The third-order valence-electron chi connectivity index (χ3n) is 3.25. The molecule has 2 nitrogen and oxygen atoms in total. The van der Waals surface area contributed by atoms with Crippen molar-refractivity contribution in [1.82, 2.24) is 0 Å². The molecular formula is C17H16O2. The standard InChI is InChI=1S/C17H16O2/c1-13(19)14-7-9-16(10-8-14)17(11-12-18)15-5-3-2-4-6-15/h2-10,12,17H,11H2,1H3/t17-/m0/s1. The van der Waals surface area contributed by atoms with Crippen LogP contribution in [0.4, 0.5) is 0 Å². The van der Waals surface area contributed by atoms with E-state index in [0.29, 0.717) is 12.0 Å². The van der Waals surface area contributed by atoms with Crippen molar-refractivity contribution in [2.75, 3.05) is 0 Å². The summed E-state index contributed by atoms with van der Waals surface area (Å²) >= 11 is 0. The molecule has 0 radical (unpaired) electrons. The fraction of sp³-hybridized carbons (Fsp3) is 0.176. The number of carbonyl (C=O) groups is 2. The van der Waals surface area contributed by atoms with Crippen molar-refractivity contribution in [2.45, 2.75) is 19.3 Å². The van der Waals surface area contributed by atoms with Crippen LogP contribution in [0.15, 0.2) is 54.6 Å². The number of carbonyl (C=O) groups excluding carboxylic acids is 2. The number of rotatable bonds is 5. The Hall–Kier alpha value is -2.22. The minimum atomic E-state index is 0.0539. The average Bonchev–Trinajstić information content (AvgIpc) is 2.46. The molecule has 0 bridgehead atoms. The molecule has 2 aromatic rings. The largest absolute Gasteiger partial charge is 0.303 e. The third kappa shape index (κ3) is 3.16. The summed E-state index contributed by atoms with van der Waals surface area (Å²) in [5, 5.41) is 0. The predicted octanol–water partition coefficient (Wildman–Crippen LogP) is 3.61. The molecule has 0 heterocycles. The van der Waals surface area contributed by atoms with E-state index in [1.54, 1.807) is 6.92 Å². The van der Waals surface area contributed by atoms with Crippen molar-refractivity contribution >= 4 is 12.1 Å². The van der Waals surface area contributed by atoms with Gasteiger partial charge in [0, 0.05) is 17.9 Å². The van der Waals surface area contributed by atoms with Crippen molar-refractivity contribution < 1.29 is 9.59 Å². The lowest BCUT2D eigenvalue weighted by Gasteiger charge is -2.15. The van der Waals surface area contributed by atoms with Crippen LogP contribution in [0.25, 0.3) is 0 Å². The number of hydrogen-bond donors (Lipinski definition) is 0. The molecule has 0 amide bonds. The van der Waals surface area contributed by atoms with Gasteiger partial charge in [-0.05, 0) is 18.1 Å². The van der Waals surface area contributed by atoms with E-state index in [1.165, 1.54) is 0 Å². The topological polar surface area (TPSA) is 34.1 Å². The molecule has 2 heteroatoms. The second kappa shape index (κ2) is 6.10. The molecule has 19 heavy (non-hydrogen) atoms. The van der Waals surface area contributed by atoms with Crippen LogP contribution in [0, 0.1) is 0 Å². The molecule has 0 unspecified atom stereocenters. The highest BCUT2D eigenvalue weighted by atomic mass is 16.1. The molecule has 0 N–H and O–H groups in total. The summed E-state index contributed by atoms with van der Waals surface area (Å²) in [6.45, 7) is 1.55. The maximum atomic E-state index is 11.3. The van der Waals surface area contributed by atoms with E-state index in [1.807, 2.05) is 54.6 Å². The first-order valence-electron chi connectivity index (χ1n) is 6.32. The fourth-order valence-corrected chi connectivity index (χ4v) is 2.20. The van der Waals surface area contributed by atoms with E-state index in [0.717, 1.165) is 17.4 Å². The van der Waals surface area contributed by atoms with Crippen molar-refractivity contribution in [2.24, 2.45) is 0 Å². The zero-order valence-electron chi connectivity index (χ0n) is 10.9. The normalized spacial score (nSPS) is 11.8. The van der Waals surface area contributed by atoms with E-state index in [2.05, 4.69) is 0 Å². The zero-order valence-corrected chi connectivity index (χ0v) is 10.9. The maximum Gasteiger partial charge on any atom is 0.159 e. The van der Waals surface area contributed by atoms with Gasteiger partial charge in [0.15, 0.2) is 5.78 Å². The number of Topliss-reactive ketones (excluding diaryl/α,β-unsaturated/α-hetero) is 1. The molecule has 0 spiro atoms. The van der Waals surface area contributed by atoms with Crippen molar-refractivity contribution in [3.8, 4) is 0 Å². The Bertz CT molecular complexity index is 556. The number of ketones is 1. The summed E-state index contributed by atoms with van der Waals surface area (Å²) in [6.07, 6.45) is 1.39. The first-order chi connectivity index (χ1) is 9.22. The molecule has 0 saturated carbocycles. The monoisotopic (exact) mass is 252 g/mol. The maximum absolute atomic E-state index is 11.3. The van der Waals surface area contributed by atoms with Gasteiger partial charge in [-0.15, -0.1) is 0 Å². The summed E-state index contributed by atoms with van der Waals surface area (Å²) in [5.41, 5.74) is 2.87. The number of benzene rings is 2. The number of aldehydes is 1. The molecule has 1 atom stereocenters. The molecule has 0 aliphatic carbocycles. The van der Waals surface area contributed by atoms with Gasteiger partial charge in [-0.25, -0.2) is 0 Å². The Labute approximate surface area is 113 Å². The Morgan fingerprint density at radius 2 is 1.58 bits per heavy atom. The Kier molecular flexibility index (Phi) is 4.24. The van der Waals surface area contributed by atoms with Gasteiger partial charge in [-0.1, -0.05) is 54.6 Å². The van der Waals surface area contributed by atoms with Gasteiger partial charge in [0.1, 0.15) is 6.29 Å². The second-order valence-corrected chi connectivity index (χ2v) is 4.54. The third-order valence-corrected chi connectivity index (χ3v) is 3.25. The summed E-state index contributed by atoms with van der Waals surface area (Å²) in [6, 6.07) is 17.4. The van der Waals surface area contributed by atoms with Gasteiger partial charge in [0.25, 0.3) is 0 Å². The molecule has 0 aliphatic rings. The van der Waals surface area contributed by atoms with E-state index in [9.17, 15) is 9.59 Å². The molecule has 2 rings (SSSR count). The highest BCUT2D eigenvalue weighted by Crippen LogP contribution is 2.27. The highest BCUT2D eigenvalue weighted by Gasteiger charge is 2.13. The van der Waals surface area contributed by atoms with E-state index >= 15 is 0 Å². The van der Waals surface area contributed by atoms with Crippen LogP contribution >= 0.6 is 0 Å². The molecule has 0 aliphatic heterocycles. The second-order valence-electron chi connectivity index (χ2n) is 4.54. The quantitative estimate of drug-likeness (QED) is 0.601. The van der Waals surface area contributed by atoms with Crippen LogP contribution in [0.1, 0.15) is 40.7 Å². The predicted molar refractivity (Wildman–Crippen MR) is 75.4 cm³/mol. The lowest BCUT2D eigenvalue weighted by atomic mass is 9.88. The van der Waals surface area contributed by atoms with Gasteiger partial charge < -0.3 is 4.79 Å². The van der Waals surface area contributed by atoms with Gasteiger partial charge in [0.05, 0.1) is 0 Å². The lowest BCUT2D eigenvalue weighted by Crippen LogP contribution is -2.02. The Balaban J connectivity index is 2.34. The van der Waals surface area contributed by atoms with Crippen LogP contribution in [0.2, 0.25) is 0 Å². The minimum absolute atomic E-state index is 0.0539. The zero-order chi connectivity index (χ0) is 13.7. The van der Waals surface area contributed by atoms with Crippen LogP contribution < -0.4 is 0 Å². The molecule has 0 aromatic heterocycles. The van der Waals surface area contributed by atoms with E-state index in [-0.39, 0.29) is 11.7 Å². The SMILES string of the molecule is CC(=O)c1ccc([C@@H](CC=O)c2ccccc2)cc1. The van der Waals surface area contributed by atoms with Gasteiger partial charge in [-0.2, -0.15) is 0 Å². The molecule has 0 fully saturated rings. The van der Waals surface area contributed by atoms with Gasteiger partial charge >= 0.3 is 0 Å². The van der Waals surface area contributed by atoms with Crippen molar-refractivity contribution in [1.29, 1.82) is 0 Å². The summed E-state index contributed by atoms with van der Waals surface area (Å²) < 4.78 is 0. The summed E-state index contributed by atoms with van der Waals surface area (Å²) in [4.78, 5) is 22.1. The summed E-state index contributed by atoms with van der Waals surface area (Å²) in [7, 11) is 0. The summed E-state index contributed by atoms with van der Waals surface area (Å²) in [5.74, 6) is 0.109. The first kappa shape index (κ1) is 13.2. The average molecular weight is 252 g/mol. The first-order valence-corrected chi connectivity index (χ1v) is 6.32. The van der Waals surface area contributed by atoms with Crippen LogP contribution in [-0.4, -0.2) is 12.1 Å². The van der Waals surface area contributed by atoms with Crippen LogP contribution in [0.3, 0.4) is 0 Å². The molecule has 96 valence electrons. The molecule has 0 saturated heterocycles. The van der Waals surface area contributed by atoms with Gasteiger partial charge in [0.2, 0.25) is 0 Å². The van der Waals surface area contributed by atoms with Crippen molar-refractivity contribution in [3.63, 3.8) is 0 Å². The molecular weight excluding hydrogens is 236 g/mol. The van der Waals surface area contributed by atoms with E-state index in [4.69, 9.17) is 0 Å². The highest BCUT2D eigenvalue weighted by molar-refractivity contribution is 5.94. The van der Waals surface area contributed by atoms with Crippen molar-refractivity contribution in [3.05, 3.63) is 71.3 Å². The van der Waals surface area contributed by atoms with Gasteiger partial charge in [-0.3, -0.25) is 4.79 Å². The number of hydrogen-bond acceptors (Lipinski definition) is 2. The fourth-order valence-electron chi connectivity index (χ4n) is 2.20.